The number of aryl methyl sites for hydroxylation is 1. The Kier molecular flexibility index (Phi) is 5.06. The first-order chi connectivity index (χ1) is 14.5. The molecule has 0 aromatic heterocycles. The van der Waals surface area contributed by atoms with E-state index < -0.39 is 17.8 Å². The van der Waals surface area contributed by atoms with Gasteiger partial charge in [-0.25, -0.2) is 9.69 Å². The van der Waals surface area contributed by atoms with Crippen molar-refractivity contribution in [2.24, 2.45) is 0 Å². The molecule has 0 saturated heterocycles. The molecule has 30 heavy (non-hydrogen) atoms. The van der Waals surface area contributed by atoms with Gasteiger partial charge in [-0.2, -0.15) is 0 Å². The fourth-order valence-electron chi connectivity index (χ4n) is 3.29. The highest BCUT2D eigenvalue weighted by atomic mass is 16.6. The van der Waals surface area contributed by atoms with E-state index >= 15 is 0 Å². The summed E-state index contributed by atoms with van der Waals surface area (Å²) < 4.78 is 10.9. The number of fused-ring (bicyclic) bond motifs is 1. The monoisotopic (exact) mass is 401 g/mol. The number of nitrogens with zero attached hydrogens (tertiary/aromatic N) is 1. The van der Waals surface area contributed by atoms with Crippen molar-refractivity contribution in [1.29, 1.82) is 0 Å². The summed E-state index contributed by atoms with van der Waals surface area (Å²) in [5.41, 5.74) is 3.06. The van der Waals surface area contributed by atoms with E-state index in [1.54, 1.807) is 48.5 Å². The lowest BCUT2D eigenvalue weighted by Gasteiger charge is -2.15. The molecule has 1 aliphatic rings. The molecule has 0 bridgehead atoms. The van der Waals surface area contributed by atoms with E-state index in [0.717, 1.165) is 16.0 Å². The van der Waals surface area contributed by atoms with Crippen LogP contribution in [0.2, 0.25) is 0 Å². The maximum atomic E-state index is 12.6. The Hall–Kier alpha value is -3.93. The zero-order chi connectivity index (χ0) is 21.3. The molecule has 3 aromatic rings. The highest BCUT2D eigenvalue weighted by Gasteiger charge is 2.36. The number of hydrogen-bond acceptors (Lipinski definition) is 5. The fourth-order valence-corrected chi connectivity index (χ4v) is 3.29. The van der Waals surface area contributed by atoms with Gasteiger partial charge in [0.2, 0.25) is 0 Å². The third-order valence-corrected chi connectivity index (χ3v) is 5.00. The Morgan fingerprint density at radius 3 is 2.23 bits per heavy atom. The van der Waals surface area contributed by atoms with Crippen molar-refractivity contribution in [3.63, 3.8) is 0 Å². The molecular formula is C24H19NO5. The normalized spacial score (nSPS) is 12.7. The molecule has 6 heteroatoms. The number of ether oxygens (including phenoxy) is 2. The molecule has 0 radical (unpaired) electrons. The average molecular weight is 401 g/mol. The van der Waals surface area contributed by atoms with Crippen molar-refractivity contribution in [3.8, 4) is 11.5 Å². The molecule has 1 aliphatic heterocycles. The summed E-state index contributed by atoms with van der Waals surface area (Å²) in [5, 5.41) is 0. The summed E-state index contributed by atoms with van der Waals surface area (Å²) in [5.74, 6) is -0.560. The average Bonchev–Trinajstić information content (AvgIpc) is 3.00. The van der Waals surface area contributed by atoms with Crippen LogP contribution in [0.4, 0.5) is 5.69 Å². The predicted molar refractivity (Wildman–Crippen MR) is 111 cm³/mol. The third kappa shape index (κ3) is 3.55. The van der Waals surface area contributed by atoms with Crippen LogP contribution in [-0.4, -0.2) is 24.4 Å². The van der Waals surface area contributed by atoms with Gasteiger partial charge in [0, 0.05) is 6.07 Å². The molecule has 0 spiro atoms. The summed E-state index contributed by atoms with van der Waals surface area (Å²) in [6.07, 6.45) is 0. The number of carbonyl (C=O) groups is 3. The molecule has 0 fully saturated rings. The van der Waals surface area contributed by atoms with Crippen molar-refractivity contribution in [2.75, 3.05) is 11.5 Å². The summed E-state index contributed by atoms with van der Waals surface area (Å²) >= 11 is 0. The number of esters is 1. The Labute approximate surface area is 173 Å². The fraction of sp³-hybridized carbons (Fsp3) is 0.125. The van der Waals surface area contributed by atoms with Crippen molar-refractivity contribution in [3.05, 3.63) is 89.0 Å². The molecule has 6 nitrogen and oxygen atoms in total. The van der Waals surface area contributed by atoms with Crippen LogP contribution in [0.1, 0.15) is 31.8 Å². The summed E-state index contributed by atoms with van der Waals surface area (Å²) in [7, 11) is 0. The van der Waals surface area contributed by atoms with Crippen molar-refractivity contribution in [1.82, 2.24) is 0 Å². The molecule has 0 aliphatic carbocycles. The molecule has 4 rings (SSSR count). The van der Waals surface area contributed by atoms with Gasteiger partial charge in [-0.3, -0.25) is 9.59 Å². The van der Waals surface area contributed by atoms with Gasteiger partial charge in [0.1, 0.15) is 11.5 Å². The zero-order valence-corrected chi connectivity index (χ0v) is 16.5. The number of amides is 2. The van der Waals surface area contributed by atoms with Gasteiger partial charge in [0.05, 0.1) is 16.8 Å². The van der Waals surface area contributed by atoms with Gasteiger partial charge in [0.15, 0.2) is 6.61 Å². The van der Waals surface area contributed by atoms with Gasteiger partial charge in [-0.05, 0) is 55.3 Å². The molecule has 0 saturated carbocycles. The quantitative estimate of drug-likeness (QED) is 0.366. The van der Waals surface area contributed by atoms with Gasteiger partial charge >= 0.3 is 5.97 Å². The van der Waals surface area contributed by atoms with E-state index in [0.29, 0.717) is 22.6 Å². The number of rotatable bonds is 5. The van der Waals surface area contributed by atoms with Crippen LogP contribution in [-0.2, 0) is 4.79 Å². The van der Waals surface area contributed by atoms with Crippen LogP contribution in [0.5, 0.6) is 11.5 Å². The molecule has 0 N–H and O–H groups in total. The van der Waals surface area contributed by atoms with Gasteiger partial charge < -0.3 is 9.47 Å². The Bertz CT molecular complexity index is 1130. The van der Waals surface area contributed by atoms with Crippen LogP contribution in [0.15, 0.2) is 66.7 Å². The van der Waals surface area contributed by atoms with E-state index in [1.807, 2.05) is 26.0 Å². The lowest BCUT2D eigenvalue weighted by Crippen LogP contribution is -2.29. The second-order valence-corrected chi connectivity index (χ2v) is 6.95. The van der Waals surface area contributed by atoms with Crippen molar-refractivity contribution >= 4 is 23.5 Å². The summed E-state index contributed by atoms with van der Waals surface area (Å²) in [6, 6.07) is 18.6. The smallest absolute Gasteiger partial charge is 0.349 e. The van der Waals surface area contributed by atoms with Crippen LogP contribution in [0.25, 0.3) is 0 Å². The van der Waals surface area contributed by atoms with Crippen LogP contribution in [0.3, 0.4) is 0 Å². The molecule has 0 atom stereocenters. The molecule has 150 valence electrons. The second-order valence-electron chi connectivity index (χ2n) is 6.95. The SMILES string of the molecule is Cc1cccc(OCC(=O)Oc2cccc(N3C(=O)c4ccccc4C3=O)c2)c1C. The molecular weight excluding hydrogens is 382 g/mol. The molecule has 2 amide bonds. The van der Waals surface area contributed by atoms with Crippen molar-refractivity contribution in [2.45, 2.75) is 13.8 Å². The van der Waals surface area contributed by atoms with Gasteiger partial charge in [-0.1, -0.05) is 30.3 Å². The minimum absolute atomic E-state index is 0.221. The lowest BCUT2D eigenvalue weighted by molar-refractivity contribution is -0.136. The van der Waals surface area contributed by atoms with Crippen LogP contribution in [0, 0.1) is 13.8 Å². The number of benzene rings is 3. The van der Waals surface area contributed by atoms with Gasteiger partial charge in [0.25, 0.3) is 11.8 Å². The Morgan fingerprint density at radius 2 is 1.53 bits per heavy atom. The maximum Gasteiger partial charge on any atom is 0.349 e. The second kappa shape index (κ2) is 7.83. The minimum Gasteiger partial charge on any atom is -0.482 e. The first-order valence-electron chi connectivity index (χ1n) is 9.43. The van der Waals surface area contributed by atoms with E-state index in [1.165, 1.54) is 6.07 Å². The van der Waals surface area contributed by atoms with E-state index in [2.05, 4.69) is 0 Å². The number of hydrogen-bond donors (Lipinski definition) is 0. The summed E-state index contributed by atoms with van der Waals surface area (Å²) in [4.78, 5) is 38.6. The summed E-state index contributed by atoms with van der Waals surface area (Å²) in [6.45, 7) is 3.62. The highest BCUT2D eigenvalue weighted by molar-refractivity contribution is 6.34. The number of imide groups is 1. The first kappa shape index (κ1) is 19.4. The van der Waals surface area contributed by atoms with Crippen molar-refractivity contribution < 1.29 is 23.9 Å². The lowest BCUT2D eigenvalue weighted by atomic mass is 10.1. The Morgan fingerprint density at radius 1 is 0.867 bits per heavy atom. The minimum atomic E-state index is -0.588. The Balaban J connectivity index is 1.46. The first-order valence-corrected chi connectivity index (χ1v) is 9.43. The van der Waals surface area contributed by atoms with Crippen LogP contribution < -0.4 is 14.4 Å². The van der Waals surface area contributed by atoms with E-state index in [9.17, 15) is 14.4 Å². The number of anilines is 1. The standard InChI is InChI=1S/C24H19NO5/c1-15-7-5-12-21(16(15)2)29-14-22(26)30-18-9-6-8-17(13-18)25-23(27)19-10-3-4-11-20(19)24(25)28/h3-13H,14H2,1-2H3. The van der Waals surface area contributed by atoms with Crippen LogP contribution >= 0.6 is 0 Å². The topological polar surface area (TPSA) is 72.9 Å². The molecule has 0 unspecified atom stereocenters. The highest BCUT2D eigenvalue weighted by Crippen LogP contribution is 2.30. The largest absolute Gasteiger partial charge is 0.482 e. The van der Waals surface area contributed by atoms with Gasteiger partial charge in [-0.15, -0.1) is 0 Å². The maximum absolute atomic E-state index is 12.6. The molecule has 3 aromatic carbocycles. The van der Waals surface area contributed by atoms with E-state index in [-0.39, 0.29) is 12.4 Å². The molecule has 1 heterocycles. The predicted octanol–water partition coefficient (Wildman–Crippen LogP) is 4.09. The third-order valence-electron chi connectivity index (χ3n) is 5.00. The number of carbonyl (C=O) groups excluding carboxylic acids is 3. The zero-order valence-electron chi connectivity index (χ0n) is 16.5. The van der Waals surface area contributed by atoms with E-state index in [4.69, 9.17) is 9.47 Å².